The lowest BCUT2D eigenvalue weighted by Gasteiger charge is -2.26. The Morgan fingerprint density at radius 3 is 1.88 bits per heavy atom. The molecule has 0 atom stereocenters. The molecule has 0 spiro atoms. The van der Waals surface area contributed by atoms with Crippen molar-refractivity contribution >= 4 is 5.91 Å². The predicted octanol–water partition coefficient (Wildman–Crippen LogP) is 2.30. The van der Waals surface area contributed by atoms with Crippen molar-refractivity contribution in [2.45, 2.75) is 25.4 Å². The van der Waals surface area contributed by atoms with Crippen molar-refractivity contribution in [2.75, 3.05) is 13.1 Å². The van der Waals surface area contributed by atoms with Crippen LogP contribution in [0.15, 0.2) is 0 Å². The van der Waals surface area contributed by atoms with Crippen molar-refractivity contribution in [3.05, 3.63) is 0 Å². The zero-order valence-electron chi connectivity index (χ0n) is 7.99. The van der Waals surface area contributed by atoms with Gasteiger partial charge in [0.05, 0.1) is 0 Å². The van der Waals surface area contributed by atoms with Gasteiger partial charge in [-0.25, -0.2) is 8.78 Å². The van der Waals surface area contributed by atoms with E-state index in [1.807, 2.05) is 0 Å². The summed E-state index contributed by atoms with van der Waals surface area (Å²) in [6.45, 7) is -1.74. The molecule has 0 aliphatic carbocycles. The standard InChI is InChI=1S/C7H8F7NO/c1-2-15(3-6(10,11)12)5(16)7(13,14)4(8)9/h4H,2-3H2,1H3. The molecule has 0 aliphatic rings. The molecule has 0 fully saturated rings. The Kier molecular flexibility index (Phi) is 4.56. The smallest absolute Gasteiger partial charge is 0.328 e. The summed E-state index contributed by atoms with van der Waals surface area (Å²) in [5.41, 5.74) is 0. The van der Waals surface area contributed by atoms with Crippen LogP contribution in [0.2, 0.25) is 0 Å². The highest BCUT2D eigenvalue weighted by Gasteiger charge is 2.52. The molecule has 0 aliphatic heterocycles. The van der Waals surface area contributed by atoms with E-state index in [1.54, 1.807) is 0 Å². The van der Waals surface area contributed by atoms with E-state index in [2.05, 4.69) is 0 Å². The average molecular weight is 255 g/mol. The third kappa shape index (κ3) is 3.86. The average Bonchev–Trinajstić information content (AvgIpc) is 2.11. The van der Waals surface area contributed by atoms with Crippen molar-refractivity contribution < 1.29 is 35.5 Å². The van der Waals surface area contributed by atoms with Crippen molar-refractivity contribution in [3.63, 3.8) is 0 Å². The van der Waals surface area contributed by atoms with Crippen LogP contribution in [-0.2, 0) is 4.79 Å². The number of carbonyl (C=O) groups is 1. The van der Waals surface area contributed by atoms with Gasteiger partial charge in [-0.05, 0) is 6.92 Å². The molecule has 0 aromatic rings. The molecule has 2 nitrogen and oxygen atoms in total. The fourth-order valence-electron chi connectivity index (χ4n) is 0.848. The van der Waals surface area contributed by atoms with E-state index in [0.29, 0.717) is 0 Å². The number of rotatable bonds is 4. The van der Waals surface area contributed by atoms with Gasteiger partial charge < -0.3 is 4.90 Å². The third-order valence-electron chi connectivity index (χ3n) is 1.60. The minimum absolute atomic E-state index is 0.369. The molecule has 0 saturated heterocycles. The molecule has 1 amide bonds. The van der Waals surface area contributed by atoms with E-state index in [9.17, 15) is 35.5 Å². The largest absolute Gasteiger partial charge is 0.406 e. The highest BCUT2D eigenvalue weighted by Crippen LogP contribution is 2.27. The van der Waals surface area contributed by atoms with Crippen molar-refractivity contribution in [1.29, 1.82) is 0 Å². The maximum Gasteiger partial charge on any atom is 0.406 e. The first-order valence-electron chi connectivity index (χ1n) is 4.04. The van der Waals surface area contributed by atoms with Gasteiger partial charge in [-0.15, -0.1) is 0 Å². The summed E-state index contributed by atoms with van der Waals surface area (Å²) in [6.07, 6.45) is -9.24. The van der Waals surface area contributed by atoms with Gasteiger partial charge in [-0.1, -0.05) is 0 Å². The molecule has 0 aromatic carbocycles. The van der Waals surface area contributed by atoms with E-state index >= 15 is 0 Å². The lowest BCUT2D eigenvalue weighted by atomic mass is 10.3. The molecule has 0 aromatic heterocycles. The second-order valence-electron chi connectivity index (χ2n) is 2.86. The number of hydrogen-bond acceptors (Lipinski definition) is 1. The minimum atomic E-state index is -5.10. The number of nitrogens with zero attached hydrogens (tertiary/aromatic N) is 1. The van der Waals surface area contributed by atoms with Crippen molar-refractivity contribution in [3.8, 4) is 0 Å². The van der Waals surface area contributed by atoms with Crippen molar-refractivity contribution in [1.82, 2.24) is 4.90 Å². The summed E-state index contributed by atoms with van der Waals surface area (Å²) >= 11 is 0. The Morgan fingerprint density at radius 2 is 1.62 bits per heavy atom. The van der Waals surface area contributed by atoms with Crippen LogP contribution in [0, 0.1) is 0 Å². The highest BCUT2D eigenvalue weighted by atomic mass is 19.4. The lowest BCUT2D eigenvalue weighted by Crippen LogP contribution is -2.50. The Morgan fingerprint density at radius 1 is 1.19 bits per heavy atom. The molecular formula is C7H8F7NO. The zero-order valence-corrected chi connectivity index (χ0v) is 7.99. The fourth-order valence-corrected chi connectivity index (χ4v) is 0.848. The van der Waals surface area contributed by atoms with Gasteiger partial charge in [0.2, 0.25) is 0 Å². The van der Waals surface area contributed by atoms with Crippen LogP contribution >= 0.6 is 0 Å². The molecule has 9 heteroatoms. The van der Waals surface area contributed by atoms with Crippen molar-refractivity contribution in [2.24, 2.45) is 0 Å². The summed E-state index contributed by atoms with van der Waals surface area (Å²) in [4.78, 5) is 10.3. The Bertz CT molecular complexity index is 250. The maximum atomic E-state index is 12.4. The van der Waals surface area contributed by atoms with E-state index in [1.165, 1.54) is 0 Å². The second-order valence-corrected chi connectivity index (χ2v) is 2.86. The van der Waals surface area contributed by atoms with E-state index in [0.717, 1.165) is 6.92 Å². The first kappa shape index (κ1) is 15.0. The van der Waals surface area contributed by atoms with E-state index in [4.69, 9.17) is 0 Å². The van der Waals surface area contributed by atoms with Crippen LogP contribution in [0.1, 0.15) is 6.92 Å². The minimum Gasteiger partial charge on any atom is -0.328 e. The van der Waals surface area contributed by atoms with Gasteiger partial charge in [-0.3, -0.25) is 4.79 Å². The van der Waals surface area contributed by atoms with Gasteiger partial charge in [0, 0.05) is 6.54 Å². The molecule has 0 rings (SSSR count). The predicted molar refractivity (Wildman–Crippen MR) is 39.3 cm³/mol. The third-order valence-corrected chi connectivity index (χ3v) is 1.60. The van der Waals surface area contributed by atoms with Gasteiger partial charge in [-0.2, -0.15) is 22.0 Å². The monoisotopic (exact) mass is 255 g/mol. The SMILES string of the molecule is CCN(CC(F)(F)F)C(=O)C(F)(F)C(F)F. The summed E-state index contributed by atoms with van der Waals surface area (Å²) in [7, 11) is 0. The quantitative estimate of drug-likeness (QED) is 0.706. The summed E-state index contributed by atoms with van der Waals surface area (Å²) < 4.78 is 83.8. The van der Waals surface area contributed by atoms with Crippen LogP contribution in [0.3, 0.4) is 0 Å². The fraction of sp³-hybridized carbons (Fsp3) is 0.857. The van der Waals surface area contributed by atoms with E-state index in [-0.39, 0.29) is 4.90 Å². The first-order chi connectivity index (χ1) is 7.02. The second kappa shape index (κ2) is 4.88. The molecule has 0 saturated carbocycles. The van der Waals surface area contributed by atoms with Crippen LogP contribution < -0.4 is 0 Å². The summed E-state index contributed by atoms with van der Waals surface area (Å²) in [5, 5.41) is 0. The number of hydrogen-bond donors (Lipinski definition) is 0. The van der Waals surface area contributed by atoms with Crippen LogP contribution in [0.5, 0.6) is 0 Å². The number of halogens is 7. The number of amides is 1. The normalized spacial score (nSPS) is 13.1. The maximum absolute atomic E-state index is 12.4. The summed E-state index contributed by atoms with van der Waals surface area (Å²) in [6, 6.07) is 0. The Labute approximate surface area is 86.0 Å². The molecule has 0 unspecified atom stereocenters. The number of carbonyl (C=O) groups excluding carboxylic acids is 1. The van der Waals surface area contributed by atoms with Crippen LogP contribution in [-0.4, -0.2) is 42.4 Å². The van der Waals surface area contributed by atoms with Gasteiger partial charge in [0.25, 0.3) is 5.91 Å². The first-order valence-corrected chi connectivity index (χ1v) is 4.04. The van der Waals surface area contributed by atoms with Crippen LogP contribution in [0.4, 0.5) is 30.7 Å². The number of alkyl halides is 7. The molecular weight excluding hydrogens is 247 g/mol. The zero-order chi connectivity index (χ0) is 13.1. The van der Waals surface area contributed by atoms with Crippen LogP contribution in [0.25, 0.3) is 0 Å². The van der Waals surface area contributed by atoms with Gasteiger partial charge in [0.15, 0.2) is 0 Å². The molecule has 0 N–H and O–H groups in total. The molecule has 16 heavy (non-hydrogen) atoms. The molecule has 0 bridgehead atoms. The summed E-state index contributed by atoms with van der Waals surface area (Å²) in [5.74, 6) is -7.62. The highest BCUT2D eigenvalue weighted by molar-refractivity contribution is 5.84. The topological polar surface area (TPSA) is 20.3 Å². The van der Waals surface area contributed by atoms with Gasteiger partial charge in [0.1, 0.15) is 6.54 Å². The lowest BCUT2D eigenvalue weighted by molar-refractivity contribution is -0.193. The molecule has 0 radical (unpaired) electrons. The molecule has 96 valence electrons. The Balaban J connectivity index is 4.80. The van der Waals surface area contributed by atoms with Gasteiger partial charge >= 0.3 is 18.5 Å². The van der Waals surface area contributed by atoms with E-state index < -0.39 is 37.5 Å². The Hall–Kier alpha value is -1.02. The molecule has 0 heterocycles.